The molecule has 0 aliphatic carbocycles. The molecule has 44 valence electrons. The van der Waals surface area contributed by atoms with E-state index in [4.69, 9.17) is 16.3 Å². The second-order valence-electron chi connectivity index (χ2n) is 1.30. The summed E-state index contributed by atoms with van der Waals surface area (Å²) in [5, 5.41) is 0. The van der Waals surface area contributed by atoms with Crippen LogP contribution in [0.5, 0.6) is 0 Å². The minimum Gasteiger partial charge on any atom is -0.381 e. The summed E-state index contributed by atoms with van der Waals surface area (Å²) in [5.74, 6) is 0.627. The minimum atomic E-state index is 0.627. The summed E-state index contributed by atoms with van der Waals surface area (Å²) in [7, 11) is 1.24. The third-order valence-corrected chi connectivity index (χ3v) is 1.13. The maximum atomic E-state index is 5.32. The van der Waals surface area contributed by atoms with Gasteiger partial charge >= 0.3 is 0 Å². The van der Waals surface area contributed by atoms with E-state index in [9.17, 15) is 0 Å². The summed E-state index contributed by atoms with van der Waals surface area (Å²) in [4.78, 5) is 0. The molecule has 0 heterocycles. The fourth-order valence-corrected chi connectivity index (χ4v) is 0.699. The van der Waals surface area contributed by atoms with Crippen molar-refractivity contribution in [2.75, 3.05) is 19.1 Å². The Morgan fingerprint density at radius 3 is 2.57 bits per heavy atom. The smallest absolute Gasteiger partial charge is 0.0601 e. The predicted molar refractivity (Wildman–Crippen MR) is 36.3 cm³/mol. The Bertz CT molecular complexity index is 30.9. The Hall–Kier alpha value is 0.467. The van der Waals surface area contributed by atoms with Crippen LogP contribution in [0.25, 0.3) is 0 Å². The molecular formula is C4H11ClOSi. The second kappa shape index (κ2) is 6.47. The van der Waals surface area contributed by atoms with Gasteiger partial charge in [0.15, 0.2) is 0 Å². The van der Waals surface area contributed by atoms with E-state index in [1.807, 2.05) is 0 Å². The lowest BCUT2D eigenvalue weighted by Gasteiger charge is -1.94. The van der Waals surface area contributed by atoms with Crippen molar-refractivity contribution in [2.45, 2.75) is 6.04 Å². The summed E-state index contributed by atoms with van der Waals surface area (Å²) in [5.41, 5.74) is 0. The molecule has 7 heavy (non-hydrogen) atoms. The Balaban J connectivity index is 2.45. The molecule has 3 heteroatoms. The molecule has 0 unspecified atom stereocenters. The van der Waals surface area contributed by atoms with Crippen molar-refractivity contribution in [1.29, 1.82) is 0 Å². The van der Waals surface area contributed by atoms with Crippen molar-refractivity contribution in [3.05, 3.63) is 0 Å². The van der Waals surface area contributed by atoms with Crippen molar-refractivity contribution >= 4 is 21.8 Å². The Morgan fingerprint density at radius 2 is 2.14 bits per heavy atom. The van der Waals surface area contributed by atoms with E-state index in [2.05, 4.69) is 0 Å². The quantitative estimate of drug-likeness (QED) is 0.303. The van der Waals surface area contributed by atoms with Crippen LogP contribution in [0.15, 0.2) is 0 Å². The summed E-state index contributed by atoms with van der Waals surface area (Å²) >= 11 is 5.32. The molecule has 0 amide bonds. The average molecular weight is 139 g/mol. The SMILES string of the molecule is [SiH3]CCOCCCl. The van der Waals surface area contributed by atoms with Crippen molar-refractivity contribution in [3.63, 3.8) is 0 Å². The molecule has 0 N–H and O–H groups in total. The molecular weight excluding hydrogens is 128 g/mol. The van der Waals surface area contributed by atoms with Crippen LogP contribution in [0.2, 0.25) is 6.04 Å². The van der Waals surface area contributed by atoms with Gasteiger partial charge in [0.05, 0.1) is 6.61 Å². The normalized spacial score (nSPS) is 9.86. The van der Waals surface area contributed by atoms with Gasteiger partial charge in [-0.25, -0.2) is 0 Å². The van der Waals surface area contributed by atoms with Gasteiger partial charge in [0.1, 0.15) is 0 Å². The van der Waals surface area contributed by atoms with Gasteiger partial charge in [-0.05, 0) is 6.04 Å². The maximum absolute atomic E-state index is 5.32. The molecule has 0 spiro atoms. The summed E-state index contributed by atoms with van der Waals surface area (Å²) < 4.78 is 5.03. The number of hydrogen-bond acceptors (Lipinski definition) is 1. The largest absolute Gasteiger partial charge is 0.381 e. The van der Waals surface area contributed by atoms with Crippen molar-refractivity contribution in [2.24, 2.45) is 0 Å². The van der Waals surface area contributed by atoms with E-state index in [-0.39, 0.29) is 0 Å². The van der Waals surface area contributed by atoms with Gasteiger partial charge in [-0.3, -0.25) is 0 Å². The first-order chi connectivity index (χ1) is 3.41. The van der Waals surface area contributed by atoms with Gasteiger partial charge in [0.2, 0.25) is 0 Å². The van der Waals surface area contributed by atoms with E-state index in [0.29, 0.717) is 12.5 Å². The zero-order chi connectivity index (χ0) is 5.54. The van der Waals surface area contributed by atoms with E-state index < -0.39 is 0 Å². The Morgan fingerprint density at radius 1 is 1.43 bits per heavy atom. The van der Waals surface area contributed by atoms with Crippen LogP contribution in [-0.2, 0) is 4.74 Å². The van der Waals surface area contributed by atoms with Crippen LogP contribution in [0, 0.1) is 0 Å². The van der Waals surface area contributed by atoms with Gasteiger partial charge in [-0.15, -0.1) is 11.6 Å². The first-order valence-corrected chi connectivity index (χ1v) is 4.50. The van der Waals surface area contributed by atoms with Crippen molar-refractivity contribution in [3.8, 4) is 0 Å². The highest BCUT2D eigenvalue weighted by molar-refractivity contribution is 6.17. The van der Waals surface area contributed by atoms with E-state index in [0.717, 1.165) is 6.61 Å². The number of rotatable bonds is 4. The highest BCUT2D eigenvalue weighted by Gasteiger charge is 1.79. The fraction of sp³-hybridized carbons (Fsp3) is 1.00. The fourth-order valence-electron chi connectivity index (χ4n) is 0.301. The standard InChI is InChI=1S/C4H11ClOSi/c5-1-2-6-3-4-7/h1-4H2,7H3. The lowest BCUT2D eigenvalue weighted by atomic mass is 10.8. The molecule has 0 atom stereocenters. The zero-order valence-electron chi connectivity index (χ0n) is 4.61. The zero-order valence-corrected chi connectivity index (χ0v) is 7.37. The van der Waals surface area contributed by atoms with Crippen LogP contribution in [0.3, 0.4) is 0 Å². The van der Waals surface area contributed by atoms with Crippen molar-refractivity contribution in [1.82, 2.24) is 0 Å². The topological polar surface area (TPSA) is 9.23 Å². The molecule has 0 bridgehead atoms. The van der Waals surface area contributed by atoms with E-state index in [1.165, 1.54) is 16.3 Å². The number of hydrogen-bond donors (Lipinski definition) is 0. The molecule has 0 aliphatic rings. The second-order valence-corrected chi connectivity index (χ2v) is 2.68. The molecule has 0 fully saturated rings. The molecule has 0 radical (unpaired) electrons. The molecule has 0 saturated carbocycles. The van der Waals surface area contributed by atoms with Gasteiger partial charge in [0, 0.05) is 22.7 Å². The highest BCUT2D eigenvalue weighted by atomic mass is 35.5. The van der Waals surface area contributed by atoms with Gasteiger partial charge in [-0.2, -0.15) is 0 Å². The molecule has 0 aromatic carbocycles. The lowest BCUT2D eigenvalue weighted by Crippen LogP contribution is -1.95. The van der Waals surface area contributed by atoms with Crippen LogP contribution < -0.4 is 0 Å². The van der Waals surface area contributed by atoms with Gasteiger partial charge in [-0.1, -0.05) is 0 Å². The lowest BCUT2D eigenvalue weighted by molar-refractivity contribution is 0.164. The van der Waals surface area contributed by atoms with Gasteiger partial charge in [0.25, 0.3) is 0 Å². The highest BCUT2D eigenvalue weighted by Crippen LogP contribution is 1.79. The van der Waals surface area contributed by atoms with E-state index in [1.54, 1.807) is 0 Å². The molecule has 0 saturated heterocycles. The van der Waals surface area contributed by atoms with Crippen molar-refractivity contribution < 1.29 is 4.74 Å². The Labute approximate surface area is 52.4 Å². The predicted octanol–water partition coefficient (Wildman–Crippen LogP) is 0.0255. The van der Waals surface area contributed by atoms with Crippen LogP contribution >= 0.6 is 11.6 Å². The monoisotopic (exact) mass is 138 g/mol. The number of ether oxygens (including phenoxy) is 1. The molecule has 0 aliphatic heterocycles. The number of halogens is 1. The molecule has 0 aromatic rings. The molecule has 1 nitrogen and oxygen atoms in total. The third kappa shape index (κ3) is 6.47. The van der Waals surface area contributed by atoms with Crippen LogP contribution in [-0.4, -0.2) is 29.3 Å². The van der Waals surface area contributed by atoms with Gasteiger partial charge < -0.3 is 4.74 Å². The third-order valence-electron chi connectivity index (χ3n) is 0.570. The molecule has 0 rings (SSSR count). The summed E-state index contributed by atoms with van der Waals surface area (Å²) in [6.45, 7) is 1.61. The average Bonchev–Trinajstić information content (AvgIpc) is 1.69. The first-order valence-electron chi connectivity index (χ1n) is 2.55. The number of alkyl halides is 1. The van der Waals surface area contributed by atoms with E-state index >= 15 is 0 Å². The van der Waals surface area contributed by atoms with Crippen LogP contribution in [0.1, 0.15) is 0 Å². The summed E-state index contributed by atoms with van der Waals surface area (Å²) in [6.07, 6.45) is 0. The molecule has 0 aromatic heterocycles. The summed E-state index contributed by atoms with van der Waals surface area (Å²) in [6, 6.07) is 1.22. The first kappa shape index (κ1) is 7.47. The maximum Gasteiger partial charge on any atom is 0.0601 e. The van der Waals surface area contributed by atoms with Crippen LogP contribution in [0.4, 0.5) is 0 Å². The minimum absolute atomic E-state index is 0.627. The Kier molecular flexibility index (Phi) is 6.90.